The second-order valence-corrected chi connectivity index (χ2v) is 6.74. The monoisotopic (exact) mass is 315 g/mol. The van der Waals surface area contributed by atoms with Crippen molar-refractivity contribution in [3.8, 4) is 0 Å². The van der Waals surface area contributed by atoms with Crippen LogP contribution in [0.15, 0.2) is 17.1 Å². The van der Waals surface area contributed by atoms with Crippen LogP contribution in [0.5, 0.6) is 0 Å². The highest BCUT2D eigenvalue weighted by Gasteiger charge is 2.14. The van der Waals surface area contributed by atoms with Crippen molar-refractivity contribution in [3.63, 3.8) is 0 Å². The van der Waals surface area contributed by atoms with Crippen LogP contribution in [0.3, 0.4) is 0 Å². The fourth-order valence-corrected chi connectivity index (χ4v) is 2.79. The van der Waals surface area contributed by atoms with Crippen molar-refractivity contribution >= 4 is 15.9 Å². The first-order valence-corrected chi connectivity index (χ1v) is 8.53. The zero-order valence-corrected chi connectivity index (χ0v) is 13.3. The Kier molecular flexibility index (Phi) is 6.10. The Morgan fingerprint density at radius 3 is 2.62 bits per heavy atom. The summed E-state index contributed by atoms with van der Waals surface area (Å²) < 4.78 is 24.1. The summed E-state index contributed by atoms with van der Waals surface area (Å²) in [4.78, 5) is 26.3. The Bertz CT molecular complexity index is 652. The molecule has 1 aromatic heterocycles. The zero-order chi connectivity index (χ0) is 16.0. The molecule has 0 aromatic carbocycles. The maximum Gasteiger partial charge on any atom is 0.256 e. The number of nitrogens with zero attached hydrogens (tertiary/aromatic N) is 1. The molecule has 0 atom stereocenters. The van der Waals surface area contributed by atoms with Gasteiger partial charge in [-0.3, -0.25) is 9.59 Å². The average molecular weight is 315 g/mol. The highest BCUT2D eigenvalue weighted by Crippen LogP contribution is 1.98. The molecule has 0 fully saturated rings. The Labute approximate surface area is 124 Å². The number of aromatic amines is 1. The summed E-state index contributed by atoms with van der Waals surface area (Å²) in [5.74, 6) is -0.460. The van der Waals surface area contributed by atoms with Crippen LogP contribution in [0.4, 0.5) is 0 Å². The average Bonchev–Trinajstić information content (AvgIpc) is 2.36. The number of amides is 1. The molecule has 0 aliphatic rings. The number of hydrogen-bond acceptors (Lipinski definition) is 4. The van der Waals surface area contributed by atoms with E-state index in [4.69, 9.17) is 0 Å². The SMILES string of the molecule is CCN(CCCNC(=O)c1c[nH]c(C)cc1=O)S(C)(=O)=O. The molecule has 0 unspecified atom stereocenters. The van der Waals surface area contributed by atoms with Crippen LogP contribution >= 0.6 is 0 Å². The molecule has 0 radical (unpaired) electrons. The van der Waals surface area contributed by atoms with Crippen LogP contribution in [0.25, 0.3) is 0 Å². The topological polar surface area (TPSA) is 99.3 Å². The first kappa shape index (κ1) is 17.4. The van der Waals surface area contributed by atoms with Gasteiger partial charge < -0.3 is 10.3 Å². The molecule has 0 aliphatic heterocycles. The summed E-state index contributed by atoms with van der Waals surface area (Å²) in [7, 11) is -3.21. The van der Waals surface area contributed by atoms with Gasteiger partial charge in [0.15, 0.2) is 5.43 Å². The molecule has 0 bridgehead atoms. The van der Waals surface area contributed by atoms with E-state index in [0.717, 1.165) is 6.26 Å². The number of aryl methyl sites for hydroxylation is 1. The maximum absolute atomic E-state index is 11.8. The van der Waals surface area contributed by atoms with E-state index in [1.807, 2.05) is 0 Å². The quantitative estimate of drug-likeness (QED) is 0.696. The van der Waals surface area contributed by atoms with Crippen molar-refractivity contribution in [2.24, 2.45) is 0 Å². The number of carbonyl (C=O) groups is 1. The van der Waals surface area contributed by atoms with Crippen molar-refractivity contribution in [2.75, 3.05) is 25.9 Å². The molecule has 118 valence electrons. The number of pyridine rings is 1. The third kappa shape index (κ3) is 5.31. The van der Waals surface area contributed by atoms with E-state index in [2.05, 4.69) is 10.3 Å². The van der Waals surface area contributed by atoms with Crippen molar-refractivity contribution in [3.05, 3.63) is 33.7 Å². The van der Waals surface area contributed by atoms with E-state index in [9.17, 15) is 18.0 Å². The van der Waals surface area contributed by atoms with Crippen LogP contribution in [0.1, 0.15) is 29.4 Å². The number of rotatable bonds is 7. The minimum atomic E-state index is -3.21. The van der Waals surface area contributed by atoms with E-state index in [0.29, 0.717) is 31.7 Å². The van der Waals surface area contributed by atoms with Crippen molar-refractivity contribution in [1.29, 1.82) is 0 Å². The highest BCUT2D eigenvalue weighted by molar-refractivity contribution is 7.88. The first-order chi connectivity index (χ1) is 9.75. The van der Waals surface area contributed by atoms with E-state index in [1.54, 1.807) is 13.8 Å². The van der Waals surface area contributed by atoms with Gasteiger partial charge in [-0.25, -0.2) is 12.7 Å². The lowest BCUT2D eigenvalue weighted by molar-refractivity contribution is 0.0951. The van der Waals surface area contributed by atoms with Gasteiger partial charge in [-0.1, -0.05) is 6.92 Å². The molecule has 0 spiro atoms. The van der Waals surface area contributed by atoms with E-state index in [1.165, 1.54) is 16.6 Å². The van der Waals surface area contributed by atoms with E-state index < -0.39 is 15.9 Å². The maximum atomic E-state index is 11.8. The van der Waals surface area contributed by atoms with Crippen LogP contribution < -0.4 is 10.7 Å². The number of H-pyrrole nitrogens is 1. The predicted octanol–water partition coefficient (Wildman–Crippen LogP) is 0.0847. The smallest absolute Gasteiger partial charge is 0.256 e. The summed E-state index contributed by atoms with van der Waals surface area (Å²) in [5.41, 5.74) is 0.398. The Hall–Kier alpha value is -1.67. The van der Waals surface area contributed by atoms with Gasteiger partial charge in [0.25, 0.3) is 5.91 Å². The van der Waals surface area contributed by atoms with Crippen molar-refractivity contribution in [2.45, 2.75) is 20.3 Å². The summed E-state index contributed by atoms with van der Waals surface area (Å²) in [6.45, 7) is 4.52. The van der Waals surface area contributed by atoms with Gasteiger partial charge in [0.1, 0.15) is 5.56 Å². The normalized spacial score (nSPS) is 11.6. The first-order valence-electron chi connectivity index (χ1n) is 6.68. The highest BCUT2D eigenvalue weighted by atomic mass is 32.2. The van der Waals surface area contributed by atoms with Gasteiger partial charge >= 0.3 is 0 Å². The fourth-order valence-electron chi connectivity index (χ4n) is 1.86. The third-order valence-corrected chi connectivity index (χ3v) is 4.37. The number of aromatic nitrogens is 1. The van der Waals surface area contributed by atoms with Gasteiger partial charge in [-0.2, -0.15) is 0 Å². The molecule has 8 heteroatoms. The third-order valence-electron chi connectivity index (χ3n) is 2.99. The lowest BCUT2D eigenvalue weighted by atomic mass is 10.2. The van der Waals surface area contributed by atoms with Crippen LogP contribution in [0, 0.1) is 6.92 Å². The lowest BCUT2D eigenvalue weighted by Gasteiger charge is -2.17. The molecule has 0 saturated heterocycles. The van der Waals surface area contributed by atoms with Gasteiger partial charge in [-0.05, 0) is 13.3 Å². The summed E-state index contributed by atoms with van der Waals surface area (Å²) in [6, 6.07) is 1.36. The molecule has 1 amide bonds. The fraction of sp³-hybridized carbons (Fsp3) is 0.538. The molecule has 0 aliphatic carbocycles. The predicted molar refractivity (Wildman–Crippen MR) is 80.8 cm³/mol. The zero-order valence-electron chi connectivity index (χ0n) is 12.5. The van der Waals surface area contributed by atoms with Crippen LogP contribution in [-0.2, 0) is 10.0 Å². The molecule has 7 nitrogen and oxygen atoms in total. The Morgan fingerprint density at radius 1 is 1.43 bits per heavy atom. The summed E-state index contributed by atoms with van der Waals surface area (Å²) in [6.07, 6.45) is 3.01. The van der Waals surface area contributed by atoms with Crippen LogP contribution in [-0.4, -0.2) is 49.5 Å². The van der Waals surface area contributed by atoms with Gasteiger partial charge in [0.05, 0.1) is 6.26 Å². The molecular formula is C13H21N3O4S. The minimum absolute atomic E-state index is 0.0519. The van der Waals surface area contributed by atoms with Gasteiger partial charge in [0.2, 0.25) is 10.0 Å². The minimum Gasteiger partial charge on any atom is -0.364 e. The lowest BCUT2D eigenvalue weighted by Crippen LogP contribution is -2.34. The molecule has 2 N–H and O–H groups in total. The van der Waals surface area contributed by atoms with E-state index in [-0.39, 0.29) is 11.0 Å². The number of nitrogens with one attached hydrogen (secondary N) is 2. The molecule has 21 heavy (non-hydrogen) atoms. The molecule has 1 aromatic rings. The standard InChI is InChI=1S/C13H21N3O4S/c1-4-16(21(3,19)20)7-5-6-14-13(18)11-9-15-10(2)8-12(11)17/h8-9H,4-7H2,1-3H3,(H,14,18)(H,15,17). The van der Waals surface area contributed by atoms with Gasteiger partial charge in [0, 0.05) is 37.6 Å². The number of hydrogen-bond donors (Lipinski definition) is 2. The van der Waals surface area contributed by atoms with Gasteiger partial charge in [-0.15, -0.1) is 0 Å². The Morgan fingerprint density at radius 2 is 2.10 bits per heavy atom. The molecular weight excluding hydrogens is 294 g/mol. The van der Waals surface area contributed by atoms with E-state index >= 15 is 0 Å². The molecule has 1 heterocycles. The van der Waals surface area contributed by atoms with Crippen LogP contribution in [0.2, 0.25) is 0 Å². The Balaban J connectivity index is 2.49. The number of sulfonamides is 1. The summed E-state index contributed by atoms with van der Waals surface area (Å²) >= 11 is 0. The number of carbonyl (C=O) groups excluding carboxylic acids is 1. The second-order valence-electron chi connectivity index (χ2n) is 4.76. The summed E-state index contributed by atoms with van der Waals surface area (Å²) in [5, 5.41) is 2.61. The van der Waals surface area contributed by atoms with Crippen molar-refractivity contribution in [1.82, 2.24) is 14.6 Å². The molecule has 1 rings (SSSR count). The van der Waals surface area contributed by atoms with Crippen molar-refractivity contribution < 1.29 is 13.2 Å². The largest absolute Gasteiger partial charge is 0.364 e. The molecule has 0 saturated carbocycles. The second kappa shape index (κ2) is 7.37.